The van der Waals surface area contributed by atoms with Crippen LogP contribution in [0.15, 0.2) is 42.6 Å². The van der Waals surface area contributed by atoms with Crippen LogP contribution in [0.2, 0.25) is 0 Å². The fourth-order valence-electron chi connectivity index (χ4n) is 4.82. The Morgan fingerprint density at radius 2 is 2.07 bits per heavy atom. The number of benzene rings is 1. The number of nitrogens with zero attached hydrogens (tertiary/aromatic N) is 1. The highest BCUT2D eigenvalue weighted by molar-refractivity contribution is 5.83. The minimum atomic E-state index is -0.118. The van der Waals surface area contributed by atoms with Crippen molar-refractivity contribution in [3.05, 3.63) is 70.6 Å². The first kappa shape index (κ1) is 18.9. The van der Waals surface area contributed by atoms with Gasteiger partial charge in [0.2, 0.25) is 5.91 Å². The number of nitrogens with one attached hydrogen (secondary N) is 1. The predicted molar refractivity (Wildman–Crippen MR) is 114 cm³/mol. The SMILES string of the molecule is Cc1ccccc1C(C)C(=O)NC1CCCC(c2nccc3c2C=CCC3)C1. The summed E-state index contributed by atoms with van der Waals surface area (Å²) in [5.41, 5.74) is 6.29. The molecule has 1 saturated carbocycles. The smallest absolute Gasteiger partial charge is 0.227 e. The van der Waals surface area contributed by atoms with Crippen LogP contribution in [0.1, 0.15) is 78.8 Å². The zero-order valence-electron chi connectivity index (χ0n) is 16.9. The molecule has 28 heavy (non-hydrogen) atoms. The van der Waals surface area contributed by atoms with Crippen molar-refractivity contribution in [2.75, 3.05) is 0 Å². The molecule has 1 aromatic heterocycles. The Bertz CT molecular complexity index is 886. The van der Waals surface area contributed by atoms with Gasteiger partial charge in [-0.05, 0) is 74.3 Å². The van der Waals surface area contributed by atoms with Gasteiger partial charge in [0.1, 0.15) is 0 Å². The van der Waals surface area contributed by atoms with E-state index in [1.54, 1.807) is 0 Å². The molecule has 1 fully saturated rings. The van der Waals surface area contributed by atoms with Crippen LogP contribution in [-0.2, 0) is 11.2 Å². The van der Waals surface area contributed by atoms with Crippen LogP contribution in [0.4, 0.5) is 0 Å². The third-order valence-corrected chi connectivity index (χ3v) is 6.43. The van der Waals surface area contributed by atoms with E-state index in [1.807, 2.05) is 25.3 Å². The first-order chi connectivity index (χ1) is 13.6. The number of aryl methyl sites for hydroxylation is 2. The molecule has 0 saturated heterocycles. The average molecular weight is 375 g/mol. The molecule has 0 aliphatic heterocycles. The Morgan fingerprint density at radius 1 is 1.21 bits per heavy atom. The Hall–Kier alpha value is -2.42. The average Bonchev–Trinajstić information content (AvgIpc) is 2.73. The zero-order chi connectivity index (χ0) is 19.5. The summed E-state index contributed by atoms with van der Waals surface area (Å²) in [6.07, 6.45) is 13.1. The summed E-state index contributed by atoms with van der Waals surface area (Å²) in [5.74, 6) is 0.459. The lowest BCUT2D eigenvalue weighted by atomic mass is 9.80. The lowest BCUT2D eigenvalue weighted by molar-refractivity contribution is -0.123. The minimum Gasteiger partial charge on any atom is -0.353 e. The molecule has 146 valence electrons. The number of amides is 1. The van der Waals surface area contributed by atoms with Crippen molar-refractivity contribution in [3.63, 3.8) is 0 Å². The molecule has 2 aromatic rings. The number of hydrogen-bond donors (Lipinski definition) is 1. The van der Waals surface area contributed by atoms with Gasteiger partial charge in [0.15, 0.2) is 0 Å². The van der Waals surface area contributed by atoms with Crippen molar-refractivity contribution in [3.8, 4) is 0 Å². The number of aromatic nitrogens is 1. The topological polar surface area (TPSA) is 42.0 Å². The van der Waals surface area contributed by atoms with Crippen molar-refractivity contribution in [1.29, 1.82) is 0 Å². The predicted octanol–water partition coefficient (Wildman–Crippen LogP) is 5.30. The van der Waals surface area contributed by atoms with Gasteiger partial charge in [0.25, 0.3) is 0 Å². The Kier molecular flexibility index (Phi) is 5.61. The van der Waals surface area contributed by atoms with E-state index >= 15 is 0 Å². The summed E-state index contributed by atoms with van der Waals surface area (Å²) >= 11 is 0. The molecule has 3 unspecified atom stereocenters. The molecule has 2 aliphatic rings. The largest absolute Gasteiger partial charge is 0.353 e. The van der Waals surface area contributed by atoms with Crippen LogP contribution in [0.5, 0.6) is 0 Å². The summed E-state index contributed by atoms with van der Waals surface area (Å²) in [4.78, 5) is 17.7. The number of rotatable bonds is 4. The van der Waals surface area contributed by atoms with E-state index in [-0.39, 0.29) is 17.9 Å². The van der Waals surface area contributed by atoms with Crippen molar-refractivity contribution in [2.24, 2.45) is 0 Å². The second-order valence-corrected chi connectivity index (χ2v) is 8.36. The van der Waals surface area contributed by atoms with Gasteiger partial charge in [0, 0.05) is 18.2 Å². The van der Waals surface area contributed by atoms with Crippen molar-refractivity contribution < 1.29 is 4.79 Å². The minimum absolute atomic E-state index is 0.118. The molecule has 1 heterocycles. The van der Waals surface area contributed by atoms with E-state index in [2.05, 4.69) is 42.6 Å². The molecule has 1 amide bonds. The van der Waals surface area contributed by atoms with Gasteiger partial charge in [-0.3, -0.25) is 9.78 Å². The molecule has 3 atom stereocenters. The molecule has 3 heteroatoms. The normalized spacial score (nSPS) is 22.4. The maximum absolute atomic E-state index is 12.9. The third kappa shape index (κ3) is 3.89. The van der Waals surface area contributed by atoms with Gasteiger partial charge in [-0.15, -0.1) is 0 Å². The highest BCUT2D eigenvalue weighted by Gasteiger charge is 2.29. The molecule has 0 bridgehead atoms. The number of carbonyl (C=O) groups is 1. The fourth-order valence-corrected chi connectivity index (χ4v) is 4.82. The molecule has 2 aliphatic carbocycles. The first-order valence-electron chi connectivity index (χ1n) is 10.6. The van der Waals surface area contributed by atoms with E-state index in [9.17, 15) is 4.79 Å². The van der Waals surface area contributed by atoms with E-state index in [4.69, 9.17) is 4.98 Å². The summed E-state index contributed by atoms with van der Waals surface area (Å²) < 4.78 is 0. The second-order valence-electron chi connectivity index (χ2n) is 8.36. The molecule has 4 rings (SSSR count). The van der Waals surface area contributed by atoms with Gasteiger partial charge in [-0.1, -0.05) is 42.8 Å². The Balaban J connectivity index is 1.46. The number of pyridine rings is 1. The first-order valence-corrected chi connectivity index (χ1v) is 10.6. The summed E-state index contributed by atoms with van der Waals surface area (Å²) in [7, 11) is 0. The third-order valence-electron chi connectivity index (χ3n) is 6.43. The quantitative estimate of drug-likeness (QED) is 0.789. The highest BCUT2D eigenvalue weighted by Crippen LogP contribution is 2.36. The van der Waals surface area contributed by atoms with Crippen LogP contribution in [0, 0.1) is 6.92 Å². The summed E-state index contributed by atoms with van der Waals surface area (Å²) in [6.45, 7) is 4.09. The molecule has 1 N–H and O–H groups in total. The summed E-state index contributed by atoms with van der Waals surface area (Å²) in [5, 5.41) is 3.34. The monoisotopic (exact) mass is 374 g/mol. The lowest BCUT2D eigenvalue weighted by Crippen LogP contribution is -2.40. The maximum atomic E-state index is 12.9. The van der Waals surface area contributed by atoms with E-state index in [0.29, 0.717) is 5.92 Å². The number of hydrogen-bond acceptors (Lipinski definition) is 2. The molecular weight excluding hydrogens is 344 g/mol. The van der Waals surface area contributed by atoms with Crippen LogP contribution in [0.25, 0.3) is 6.08 Å². The van der Waals surface area contributed by atoms with Crippen molar-refractivity contribution in [1.82, 2.24) is 10.3 Å². The Morgan fingerprint density at radius 3 is 2.93 bits per heavy atom. The van der Waals surface area contributed by atoms with Gasteiger partial charge < -0.3 is 5.32 Å². The fraction of sp³-hybridized carbons (Fsp3) is 0.440. The van der Waals surface area contributed by atoms with Gasteiger partial charge in [-0.25, -0.2) is 0 Å². The van der Waals surface area contributed by atoms with Crippen LogP contribution in [0.3, 0.4) is 0 Å². The highest BCUT2D eigenvalue weighted by atomic mass is 16.1. The van der Waals surface area contributed by atoms with E-state index in [0.717, 1.165) is 44.1 Å². The van der Waals surface area contributed by atoms with Gasteiger partial charge >= 0.3 is 0 Å². The second kappa shape index (κ2) is 8.30. The standard InChI is InChI=1S/C25H30N2O/c1-17-8-3-5-12-22(17)18(2)25(28)27-21-11-7-10-20(16-21)24-23-13-6-4-9-19(23)14-15-26-24/h3,5-6,8,12-15,18,20-21H,4,7,9-11,16H2,1-2H3,(H,27,28). The van der Waals surface area contributed by atoms with Gasteiger partial charge in [-0.2, -0.15) is 0 Å². The molecule has 0 spiro atoms. The van der Waals surface area contributed by atoms with Crippen LogP contribution >= 0.6 is 0 Å². The number of allylic oxidation sites excluding steroid dienone is 1. The van der Waals surface area contributed by atoms with E-state index in [1.165, 1.54) is 22.4 Å². The molecular formula is C25H30N2O. The lowest BCUT2D eigenvalue weighted by Gasteiger charge is -2.31. The van der Waals surface area contributed by atoms with Crippen molar-refractivity contribution >= 4 is 12.0 Å². The molecule has 0 radical (unpaired) electrons. The molecule has 3 nitrogen and oxygen atoms in total. The van der Waals surface area contributed by atoms with Crippen LogP contribution in [-0.4, -0.2) is 16.9 Å². The Labute approximate surface area is 168 Å². The zero-order valence-corrected chi connectivity index (χ0v) is 16.9. The number of fused-ring (bicyclic) bond motifs is 1. The number of carbonyl (C=O) groups excluding carboxylic acids is 1. The van der Waals surface area contributed by atoms with Gasteiger partial charge in [0.05, 0.1) is 11.6 Å². The summed E-state index contributed by atoms with van der Waals surface area (Å²) in [6, 6.07) is 10.6. The van der Waals surface area contributed by atoms with Crippen molar-refractivity contribution in [2.45, 2.75) is 70.3 Å². The molecule has 1 aromatic carbocycles. The van der Waals surface area contributed by atoms with E-state index < -0.39 is 0 Å². The van der Waals surface area contributed by atoms with Crippen LogP contribution < -0.4 is 5.32 Å². The maximum Gasteiger partial charge on any atom is 0.227 e.